The van der Waals surface area contributed by atoms with Crippen LogP contribution in [-0.2, 0) is 17.5 Å². The standard InChI is InChI=1S/C28H48F3N3O/c1-2-3-4-5-6-7-8-9-10-11-12-13-14-15-16-17-21-32-27(35)20-22-34-25(24-18-19-24)23-26(33-34)28(29,30)31/h23-24H,2-22H2,1H3,(H,32,35). The molecule has 7 heteroatoms. The number of nitrogens with zero attached hydrogens (tertiary/aromatic N) is 2. The first-order valence-corrected chi connectivity index (χ1v) is 14.3. The van der Waals surface area contributed by atoms with Crippen LogP contribution in [0.2, 0.25) is 0 Å². The summed E-state index contributed by atoms with van der Waals surface area (Å²) in [6.45, 7) is 3.10. The van der Waals surface area contributed by atoms with E-state index in [1.807, 2.05) is 0 Å². The molecular formula is C28H48F3N3O. The lowest BCUT2D eigenvalue weighted by atomic mass is 10.0. The summed E-state index contributed by atoms with van der Waals surface area (Å²) < 4.78 is 40.3. The predicted molar refractivity (Wildman–Crippen MR) is 136 cm³/mol. The van der Waals surface area contributed by atoms with Gasteiger partial charge in [0, 0.05) is 31.1 Å². The molecule has 4 nitrogen and oxygen atoms in total. The molecular weight excluding hydrogens is 451 g/mol. The zero-order valence-corrected chi connectivity index (χ0v) is 21.9. The number of amides is 1. The van der Waals surface area contributed by atoms with Gasteiger partial charge in [-0.05, 0) is 25.3 Å². The van der Waals surface area contributed by atoms with Crippen molar-refractivity contribution >= 4 is 5.91 Å². The van der Waals surface area contributed by atoms with E-state index >= 15 is 0 Å². The van der Waals surface area contributed by atoms with Gasteiger partial charge in [0.1, 0.15) is 0 Å². The van der Waals surface area contributed by atoms with Gasteiger partial charge in [-0.15, -0.1) is 0 Å². The number of hydrogen-bond acceptors (Lipinski definition) is 2. The Morgan fingerprint density at radius 3 is 1.83 bits per heavy atom. The van der Waals surface area contributed by atoms with Crippen LogP contribution in [0.1, 0.15) is 146 Å². The molecule has 202 valence electrons. The third-order valence-electron chi connectivity index (χ3n) is 7.00. The molecule has 1 aromatic heterocycles. The number of nitrogens with one attached hydrogen (secondary N) is 1. The van der Waals surface area contributed by atoms with Crippen molar-refractivity contribution in [3.8, 4) is 0 Å². The van der Waals surface area contributed by atoms with E-state index in [2.05, 4.69) is 17.3 Å². The number of hydrogen-bond donors (Lipinski definition) is 1. The smallest absolute Gasteiger partial charge is 0.356 e. The minimum absolute atomic E-state index is 0.114. The summed E-state index contributed by atoms with van der Waals surface area (Å²) in [5.74, 6) is 0.0449. The van der Waals surface area contributed by atoms with Gasteiger partial charge in [-0.3, -0.25) is 9.48 Å². The first-order chi connectivity index (χ1) is 16.9. The summed E-state index contributed by atoms with van der Waals surface area (Å²) in [6.07, 6.45) is 18.5. The van der Waals surface area contributed by atoms with Crippen LogP contribution < -0.4 is 5.32 Å². The van der Waals surface area contributed by atoms with E-state index in [0.29, 0.717) is 12.2 Å². The molecule has 1 fully saturated rings. The fourth-order valence-electron chi connectivity index (χ4n) is 4.65. The van der Waals surface area contributed by atoms with Gasteiger partial charge in [-0.2, -0.15) is 18.3 Å². The molecule has 35 heavy (non-hydrogen) atoms. The first kappa shape index (κ1) is 29.7. The Balaban J connectivity index is 1.39. The fourth-order valence-corrected chi connectivity index (χ4v) is 4.65. The average Bonchev–Trinajstić information content (AvgIpc) is 3.57. The van der Waals surface area contributed by atoms with E-state index < -0.39 is 11.9 Å². The maximum absolute atomic E-state index is 13.0. The van der Waals surface area contributed by atoms with Crippen LogP contribution in [0.5, 0.6) is 0 Å². The second-order valence-electron chi connectivity index (χ2n) is 10.4. The molecule has 2 rings (SSSR count). The predicted octanol–water partition coefficient (Wildman–Crippen LogP) is 8.55. The van der Waals surface area contributed by atoms with Gasteiger partial charge in [0.15, 0.2) is 5.69 Å². The monoisotopic (exact) mass is 499 g/mol. The summed E-state index contributed by atoms with van der Waals surface area (Å²) in [5, 5.41) is 6.61. The van der Waals surface area contributed by atoms with Gasteiger partial charge >= 0.3 is 6.18 Å². The van der Waals surface area contributed by atoms with Crippen molar-refractivity contribution < 1.29 is 18.0 Å². The molecule has 1 N–H and O–H groups in total. The molecule has 1 aliphatic carbocycles. The summed E-state index contributed by atoms with van der Waals surface area (Å²) in [4.78, 5) is 12.1. The largest absolute Gasteiger partial charge is 0.435 e. The Hall–Kier alpha value is -1.53. The molecule has 1 aliphatic rings. The highest BCUT2D eigenvalue weighted by atomic mass is 19.4. The fraction of sp³-hybridized carbons (Fsp3) is 0.857. The van der Waals surface area contributed by atoms with E-state index in [1.54, 1.807) is 0 Å². The van der Waals surface area contributed by atoms with Gasteiger partial charge < -0.3 is 5.32 Å². The van der Waals surface area contributed by atoms with E-state index in [-0.39, 0.29) is 24.8 Å². The maximum atomic E-state index is 13.0. The van der Waals surface area contributed by atoms with Crippen molar-refractivity contribution in [1.82, 2.24) is 15.1 Å². The quantitative estimate of drug-likeness (QED) is 0.172. The van der Waals surface area contributed by atoms with Crippen LogP contribution in [0, 0.1) is 0 Å². The highest BCUT2D eigenvalue weighted by Gasteiger charge is 2.37. The van der Waals surface area contributed by atoms with Crippen LogP contribution >= 0.6 is 0 Å². The highest BCUT2D eigenvalue weighted by Crippen LogP contribution is 2.42. The normalized spacial score (nSPS) is 13.9. The molecule has 1 aromatic rings. The Morgan fingerprint density at radius 1 is 0.886 bits per heavy atom. The minimum atomic E-state index is -4.44. The molecule has 1 amide bonds. The topological polar surface area (TPSA) is 46.9 Å². The summed E-state index contributed by atoms with van der Waals surface area (Å²) >= 11 is 0. The van der Waals surface area contributed by atoms with Gasteiger partial charge in [0.05, 0.1) is 0 Å². The van der Waals surface area contributed by atoms with E-state index in [9.17, 15) is 18.0 Å². The lowest BCUT2D eigenvalue weighted by molar-refractivity contribution is -0.141. The number of aryl methyl sites for hydroxylation is 1. The highest BCUT2D eigenvalue weighted by molar-refractivity contribution is 5.75. The molecule has 0 saturated heterocycles. The van der Waals surface area contributed by atoms with Crippen molar-refractivity contribution in [1.29, 1.82) is 0 Å². The molecule has 1 saturated carbocycles. The zero-order chi connectivity index (χ0) is 25.4. The first-order valence-electron chi connectivity index (χ1n) is 14.3. The SMILES string of the molecule is CCCCCCCCCCCCCCCCCCNC(=O)CCn1nc(C(F)(F)F)cc1C1CC1. The van der Waals surface area contributed by atoms with E-state index in [4.69, 9.17) is 0 Å². The Morgan fingerprint density at radius 2 is 1.37 bits per heavy atom. The van der Waals surface area contributed by atoms with Crippen LogP contribution in [-0.4, -0.2) is 22.2 Å². The number of halogens is 3. The van der Waals surface area contributed by atoms with Crippen LogP contribution in [0.4, 0.5) is 13.2 Å². The number of unbranched alkanes of at least 4 members (excludes halogenated alkanes) is 15. The zero-order valence-electron chi connectivity index (χ0n) is 21.9. The molecule has 0 atom stereocenters. The van der Waals surface area contributed by atoms with Crippen LogP contribution in [0.3, 0.4) is 0 Å². The van der Waals surface area contributed by atoms with Crippen LogP contribution in [0.15, 0.2) is 6.07 Å². The van der Waals surface area contributed by atoms with E-state index in [1.165, 1.54) is 94.6 Å². The Labute approximate surface area is 210 Å². The lowest BCUT2D eigenvalue weighted by Crippen LogP contribution is -2.26. The molecule has 0 unspecified atom stereocenters. The van der Waals surface area contributed by atoms with Crippen molar-refractivity contribution in [3.63, 3.8) is 0 Å². The Bertz CT molecular complexity index is 698. The number of rotatable bonds is 21. The molecule has 0 aromatic carbocycles. The van der Waals surface area contributed by atoms with Gasteiger partial charge in [0.25, 0.3) is 0 Å². The molecule has 0 aliphatic heterocycles. The number of alkyl halides is 3. The van der Waals surface area contributed by atoms with Gasteiger partial charge in [-0.1, -0.05) is 103 Å². The van der Waals surface area contributed by atoms with E-state index in [0.717, 1.165) is 31.7 Å². The van der Waals surface area contributed by atoms with Crippen molar-refractivity contribution in [2.75, 3.05) is 6.54 Å². The number of carbonyl (C=O) groups excluding carboxylic acids is 1. The number of carbonyl (C=O) groups is 1. The summed E-state index contributed by atoms with van der Waals surface area (Å²) in [5.41, 5.74) is -0.240. The lowest BCUT2D eigenvalue weighted by Gasteiger charge is -2.08. The van der Waals surface area contributed by atoms with Crippen molar-refractivity contribution in [2.45, 2.75) is 148 Å². The number of aromatic nitrogens is 2. The molecule has 0 bridgehead atoms. The van der Waals surface area contributed by atoms with Gasteiger partial charge in [-0.25, -0.2) is 0 Å². The summed E-state index contributed by atoms with van der Waals surface area (Å²) in [6, 6.07) is 1.14. The summed E-state index contributed by atoms with van der Waals surface area (Å²) in [7, 11) is 0. The molecule has 0 radical (unpaired) electrons. The van der Waals surface area contributed by atoms with Crippen molar-refractivity contribution in [3.05, 3.63) is 17.5 Å². The van der Waals surface area contributed by atoms with Crippen molar-refractivity contribution in [2.24, 2.45) is 0 Å². The maximum Gasteiger partial charge on any atom is 0.435 e. The average molecular weight is 500 g/mol. The van der Waals surface area contributed by atoms with Crippen LogP contribution in [0.25, 0.3) is 0 Å². The molecule has 0 spiro atoms. The second-order valence-corrected chi connectivity index (χ2v) is 10.4. The molecule has 1 heterocycles. The second kappa shape index (κ2) is 17.0. The third-order valence-corrected chi connectivity index (χ3v) is 7.00. The minimum Gasteiger partial charge on any atom is -0.356 e. The Kier molecular flexibility index (Phi) is 14.4. The third kappa shape index (κ3) is 13.4. The van der Waals surface area contributed by atoms with Gasteiger partial charge in [0.2, 0.25) is 5.91 Å².